The molecule has 3 rings (SSSR count). The van der Waals surface area contributed by atoms with Crippen molar-refractivity contribution >= 4 is 23.4 Å². The van der Waals surface area contributed by atoms with Crippen molar-refractivity contribution < 1.29 is 13.2 Å². The Labute approximate surface area is 128 Å². The number of hydrogen-bond acceptors (Lipinski definition) is 3. The van der Waals surface area contributed by atoms with Crippen LogP contribution in [0.4, 0.5) is 13.2 Å². The molecule has 2 nitrogen and oxygen atoms in total. The van der Waals surface area contributed by atoms with Gasteiger partial charge in [0.2, 0.25) is 0 Å². The average Bonchev–Trinajstić information content (AvgIpc) is 2.87. The molecule has 1 aromatic heterocycles. The number of benzene rings is 1. The SMILES string of the molecule is FC(F)(F)c1cccc(Cc2nc(Cl)c3c(n2)CSC3)c1. The molecule has 2 aromatic rings. The topological polar surface area (TPSA) is 25.8 Å². The van der Waals surface area contributed by atoms with E-state index in [1.54, 1.807) is 17.8 Å². The van der Waals surface area contributed by atoms with Crippen molar-refractivity contribution in [3.63, 3.8) is 0 Å². The number of rotatable bonds is 2. The lowest BCUT2D eigenvalue weighted by atomic mass is 10.1. The molecule has 110 valence electrons. The first-order valence-electron chi connectivity index (χ1n) is 6.21. The smallest absolute Gasteiger partial charge is 0.236 e. The molecule has 0 amide bonds. The van der Waals surface area contributed by atoms with Gasteiger partial charge in [-0.05, 0) is 11.6 Å². The minimum absolute atomic E-state index is 0.238. The molecule has 21 heavy (non-hydrogen) atoms. The second kappa shape index (κ2) is 5.50. The zero-order valence-corrected chi connectivity index (χ0v) is 12.3. The second-order valence-electron chi connectivity index (χ2n) is 4.72. The van der Waals surface area contributed by atoms with Gasteiger partial charge in [0.05, 0.1) is 11.3 Å². The highest BCUT2D eigenvalue weighted by atomic mass is 35.5. The van der Waals surface area contributed by atoms with Crippen LogP contribution in [0.5, 0.6) is 0 Å². The Morgan fingerprint density at radius 3 is 2.76 bits per heavy atom. The number of alkyl halides is 3. The fourth-order valence-corrected chi connectivity index (χ4v) is 3.57. The summed E-state index contributed by atoms with van der Waals surface area (Å²) in [5, 5.41) is 0.409. The monoisotopic (exact) mass is 330 g/mol. The van der Waals surface area contributed by atoms with Crippen molar-refractivity contribution in [2.75, 3.05) is 0 Å². The van der Waals surface area contributed by atoms with Gasteiger partial charge in [0.25, 0.3) is 0 Å². The lowest BCUT2D eigenvalue weighted by Gasteiger charge is -2.09. The predicted octanol–water partition coefficient (Wildman–Crippen LogP) is 4.49. The molecular formula is C14H10ClF3N2S. The van der Waals surface area contributed by atoms with Crippen LogP contribution in [0.1, 0.15) is 28.2 Å². The molecule has 0 saturated carbocycles. The highest BCUT2D eigenvalue weighted by molar-refractivity contribution is 7.98. The van der Waals surface area contributed by atoms with Crippen molar-refractivity contribution in [1.29, 1.82) is 0 Å². The predicted molar refractivity (Wildman–Crippen MR) is 76.3 cm³/mol. The van der Waals surface area contributed by atoms with Crippen LogP contribution >= 0.6 is 23.4 Å². The minimum Gasteiger partial charge on any atom is -0.236 e. The van der Waals surface area contributed by atoms with Gasteiger partial charge in [0.1, 0.15) is 11.0 Å². The van der Waals surface area contributed by atoms with E-state index in [0.29, 0.717) is 16.5 Å². The molecule has 0 N–H and O–H groups in total. The summed E-state index contributed by atoms with van der Waals surface area (Å²) >= 11 is 7.80. The van der Waals surface area contributed by atoms with E-state index in [1.165, 1.54) is 6.07 Å². The van der Waals surface area contributed by atoms with Crippen molar-refractivity contribution in [2.45, 2.75) is 24.1 Å². The summed E-state index contributed by atoms with van der Waals surface area (Å²) in [6.07, 6.45) is -4.11. The van der Waals surface area contributed by atoms with Crippen LogP contribution in [-0.4, -0.2) is 9.97 Å². The molecule has 0 fully saturated rings. The Hall–Kier alpha value is -1.27. The van der Waals surface area contributed by atoms with Gasteiger partial charge in [0.15, 0.2) is 0 Å². The molecule has 2 heterocycles. The number of thioether (sulfide) groups is 1. The van der Waals surface area contributed by atoms with E-state index < -0.39 is 11.7 Å². The summed E-state index contributed by atoms with van der Waals surface area (Å²) in [4.78, 5) is 8.60. The Morgan fingerprint density at radius 1 is 1.19 bits per heavy atom. The van der Waals surface area contributed by atoms with Gasteiger partial charge in [0, 0.05) is 23.5 Å². The van der Waals surface area contributed by atoms with Gasteiger partial charge >= 0.3 is 6.18 Å². The molecular weight excluding hydrogens is 321 g/mol. The van der Waals surface area contributed by atoms with Gasteiger partial charge in [-0.1, -0.05) is 29.8 Å². The second-order valence-corrected chi connectivity index (χ2v) is 6.07. The summed E-state index contributed by atoms with van der Waals surface area (Å²) in [6, 6.07) is 5.20. The summed E-state index contributed by atoms with van der Waals surface area (Å²) in [5.74, 6) is 2.02. The molecule has 0 atom stereocenters. The maximum Gasteiger partial charge on any atom is 0.416 e. The van der Waals surface area contributed by atoms with E-state index in [0.717, 1.165) is 34.9 Å². The van der Waals surface area contributed by atoms with Crippen molar-refractivity contribution in [1.82, 2.24) is 9.97 Å². The molecule has 0 spiro atoms. The van der Waals surface area contributed by atoms with Crippen LogP contribution in [0.3, 0.4) is 0 Å². The Morgan fingerprint density at radius 2 is 2.00 bits per heavy atom. The number of halogens is 4. The number of nitrogens with zero attached hydrogens (tertiary/aromatic N) is 2. The van der Waals surface area contributed by atoms with E-state index in [9.17, 15) is 13.2 Å². The molecule has 1 aromatic carbocycles. The van der Waals surface area contributed by atoms with Crippen molar-refractivity contribution in [3.05, 3.63) is 57.6 Å². The Kier molecular flexibility index (Phi) is 3.84. The van der Waals surface area contributed by atoms with Gasteiger partial charge in [-0.2, -0.15) is 24.9 Å². The maximum atomic E-state index is 12.7. The van der Waals surface area contributed by atoms with Gasteiger partial charge in [-0.25, -0.2) is 9.97 Å². The third-order valence-corrected chi connectivity index (χ3v) is 4.47. The van der Waals surface area contributed by atoms with E-state index in [1.807, 2.05) is 0 Å². The van der Waals surface area contributed by atoms with Gasteiger partial charge < -0.3 is 0 Å². The van der Waals surface area contributed by atoms with Crippen LogP contribution in [0.15, 0.2) is 24.3 Å². The molecule has 1 aliphatic rings. The fraction of sp³-hybridized carbons (Fsp3) is 0.286. The van der Waals surface area contributed by atoms with Crippen LogP contribution in [0.25, 0.3) is 0 Å². The summed E-state index contributed by atoms with van der Waals surface area (Å²) in [5.41, 5.74) is 1.69. The normalized spacial score (nSPS) is 14.3. The number of fused-ring (bicyclic) bond motifs is 1. The van der Waals surface area contributed by atoms with Crippen molar-refractivity contribution in [3.8, 4) is 0 Å². The number of aromatic nitrogens is 2. The van der Waals surface area contributed by atoms with E-state index in [-0.39, 0.29) is 6.42 Å². The van der Waals surface area contributed by atoms with Crippen LogP contribution in [0, 0.1) is 0 Å². The molecule has 0 radical (unpaired) electrons. The highest BCUT2D eigenvalue weighted by Crippen LogP contribution is 2.33. The molecule has 0 unspecified atom stereocenters. The van der Waals surface area contributed by atoms with E-state index >= 15 is 0 Å². The molecule has 0 aliphatic carbocycles. The highest BCUT2D eigenvalue weighted by Gasteiger charge is 2.30. The van der Waals surface area contributed by atoms with E-state index in [4.69, 9.17) is 11.6 Å². The third kappa shape index (κ3) is 3.16. The lowest BCUT2D eigenvalue weighted by molar-refractivity contribution is -0.137. The summed E-state index contributed by atoms with van der Waals surface area (Å²) in [6.45, 7) is 0. The fourth-order valence-electron chi connectivity index (χ4n) is 2.18. The Bertz CT molecular complexity index is 688. The molecule has 0 saturated heterocycles. The zero-order valence-electron chi connectivity index (χ0n) is 10.7. The largest absolute Gasteiger partial charge is 0.416 e. The molecule has 1 aliphatic heterocycles. The zero-order chi connectivity index (χ0) is 15.0. The Balaban J connectivity index is 1.89. The quantitative estimate of drug-likeness (QED) is 0.759. The molecule has 0 bridgehead atoms. The standard InChI is InChI=1S/C14H10ClF3N2S/c15-13-10-6-21-7-11(10)19-12(20-13)5-8-2-1-3-9(4-8)14(16,17)18/h1-4H,5-7H2. The summed E-state index contributed by atoms with van der Waals surface area (Å²) < 4.78 is 38.1. The van der Waals surface area contributed by atoms with Crippen LogP contribution in [-0.2, 0) is 24.1 Å². The van der Waals surface area contributed by atoms with Gasteiger partial charge in [-0.3, -0.25) is 0 Å². The van der Waals surface area contributed by atoms with Crippen LogP contribution < -0.4 is 0 Å². The maximum absolute atomic E-state index is 12.7. The van der Waals surface area contributed by atoms with Gasteiger partial charge in [-0.15, -0.1) is 0 Å². The lowest BCUT2D eigenvalue weighted by Crippen LogP contribution is -2.06. The first kappa shape index (κ1) is 14.7. The number of hydrogen-bond donors (Lipinski definition) is 0. The first-order chi connectivity index (χ1) is 9.93. The molecule has 7 heteroatoms. The first-order valence-corrected chi connectivity index (χ1v) is 7.75. The minimum atomic E-state index is -4.34. The third-order valence-electron chi connectivity index (χ3n) is 3.19. The average molecular weight is 331 g/mol. The van der Waals surface area contributed by atoms with E-state index in [2.05, 4.69) is 9.97 Å². The summed E-state index contributed by atoms with van der Waals surface area (Å²) in [7, 11) is 0. The van der Waals surface area contributed by atoms with Crippen LogP contribution in [0.2, 0.25) is 5.15 Å². The van der Waals surface area contributed by atoms with Crippen molar-refractivity contribution in [2.24, 2.45) is 0 Å².